The summed E-state index contributed by atoms with van der Waals surface area (Å²) in [7, 11) is 0. The number of ether oxygens (including phenoxy) is 1. The van der Waals surface area contributed by atoms with Crippen LogP contribution in [0.4, 0.5) is 0 Å². The molecular formula is C13H24N6O. The molecular weight excluding hydrogens is 256 g/mol. The monoisotopic (exact) mass is 280 g/mol. The smallest absolute Gasteiger partial charge is 0.0962 e. The van der Waals surface area contributed by atoms with E-state index in [0.29, 0.717) is 12.6 Å². The average molecular weight is 280 g/mol. The van der Waals surface area contributed by atoms with Crippen LogP contribution in [0.25, 0.3) is 0 Å². The zero-order chi connectivity index (χ0) is 13.8. The minimum Gasteiger partial charge on any atom is -0.379 e. The van der Waals surface area contributed by atoms with Gasteiger partial charge in [-0.25, -0.2) is 0 Å². The summed E-state index contributed by atoms with van der Waals surface area (Å²) in [6, 6.07) is 0.703. The molecule has 0 spiro atoms. The van der Waals surface area contributed by atoms with Crippen LogP contribution in [-0.2, 0) is 17.8 Å². The van der Waals surface area contributed by atoms with Gasteiger partial charge in [0.05, 0.1) is 25.5 Å². The third kappa shape index (κ3) is 3.35. The predicted molar refractivity (Wildman–Crippen MR) is 75.2 cm³/mol. The lowest BCUT2D eigenvalue weighted by molar-refractivity contribution is 0.0184. The Morgan fingerprint density at radius 2 is 2.10 bits per heavy atom. The van der Waals surface area contributed by atoms with Gasteiger partial charge in [-0.1, -0.05) is 5.21 Å². The van der Waals surface area contributed by atoms with Gasteiger partial charge in [0, 0.05) is 45.0 Å². The standard InChI is InChI=1S/C13H24N6O/c14-9-12-10-19(16-15-12)4-3-17-2-1-13(11-17)18-5-7-20-8-6-18/h10,13H,1-9,11,14H2. The topological polar surface area (TPSA) is 72.4 Å². The van der Waals surface area contributed by atoms with Crippen LogP contribution in [0, 0.1) is 0 Å². The van der Waals surface area contributed by atoms with Gasteiger partial charge in [0.1, 0.15) is 0 Å². The molecule has 2 fully saturated rings. The second-order valence-electron chi connectivity index (χ2n) is 5.57. The van der Waals surface area contributed by atoms with E-state index in [1.807, 2.05) is 10.9 Å². The zero-order valence-corrected chi connectivity index (χ0v) is 11.9. The van der Waals surface area contributed by atoms with Crippen molar-refractivity contribution < 1.29 is 4.74 Å². The number of likely N-dealkylation sites (tertiary alicyclic amines) is 1. The summed E-state index contributed by atoms with van der Waals surface area (Å²) >= 11 is 0. The lowest BCUT2D eigenvalue weighted by atomic mass is 10.2. The molecule has 0 bridgehead atoms. The largest absolute Gasteiger partial charge is 0.379 e. The molecule has 7 nitrogen and oxygen atoms in total. The van der Waals surface area contributed by atoms with E-state index in [4.69, 9.17) is 10.5 Å². The van der Waals surface area contributed by atoms with Gasteiger partial charge in [0.15, 0.2) is 0 Å². The highest BCUT2D eigenvalue weighted by Crippen LogP contribution is 2.16. The third-order valence-corrected chi connectivity index (χ3v) is 4.25. The van der Waals surface area contributed by atoms with Crippen molar-refractivity contribution in [3.05, 3.63) is 11.9 Å². The number of hydrogen-bond acceptors (Lipinski definition) is 6. The van der Waals surface area contributed by atoms with Crippen molar-refractivity contribution in [3.8, 4) is 0 Å². The molecule has 7 heteroatoms. The molecule has 0 aliphatic carbocycles. The molecule has 0 amide bonds. The van der Waals surface area contributed by atoms with Crippen LogP contribution < -0.4 is 5.73 Å². The molecule has 1 aromatic rings. The van der Waals surface area contributed by atoms with E-state index in [1.165, 1.54) is 19.5 Å². The van der Waals surface area contributed by atoms with Gasteiger partial charge in [0.2, 0.25) is 0 Å². The van der Waals surface area contributed by atoms with E-state index in [0.717, 1.165) is 45.1 Å². The molecule has 112 valence electrons. The van der Waals surface area contributed by atoms with Crippen LogP contribution in [0.3, 0.4) is 0 Å². The Kier molecular flexibility index (Phi) is 4.62. The van der Waals surface area contributed by atoms with Crippen molar-refractivity contribution in [1.29, 1.82) is 0 Å². The second-order valence-corrected chi connectivity index (χ2v) is 5.57. The van der Waals surface area contributed by atoms with Gasteiger partial charge in [-0.05, 0) is 13.0 Å². The normalized spacial score (nSPS) is 25.4. The number of nitrogens with two attached hydrogens (primary N) is 1. The van der Waals surface area contributed by atoms with Crippen molar-refractivity contribution in [1.82, 2.24) is 24.8 Å². The predicted octanol–water partition coefficient (Wildman–Crippen LogP) is -0.857. The molecule has 2 aliphatic rings. The highest BCUT2D eigenvalue weighted by atomic mass is 16.5. The molecule has 1 atom stereocenters. The number of hydrogen-bond donors (Lipinski definition) is 1. The first-order chi connectivity index (χ1) is 9.85. The Balaban J connectivity index is 1.43. The summed E-state index contributed by atoms with van der Waals surface area (Å²) in [6.07, 6.45) is 3.21. The van der Waals surface area contributed by atoms with Crippen LogP contribution in [0.2, 0.25) is 0 Å². The fourth-order valence-electron chi connectivity index (χ4n) is 3.04. The Hall–Kier alpha value is -1.02. The summed E-state index contributed by atoms with van der Waals surface area (Å²) in [5, 5.41) is 8.11. The van der Waals surface area contributed by atoms with E-state index in [-0.39, 0.29) is 0 Å². The van der Waals surface area contributed by atoms with Crippen molar-refractivity contribution in [2.24, 2.45) is 5.73 Å². The molecule has 1 unspecified atom stereocenters. The SMILES string of the molecule is NCc1cn(CCN2CCC(N3CCOCC3)C2)nn1. The summed E-state index contributed by atoms with van der Waals surface area (Å²) in [5.74, 6) is 0. The molecule has 2 saturated heterocycles. The number of nitrogens with zero attached hydrogens (tertiary/aromatic N) is 5. The fourth-order valence-corrected chi connectivity index (χ4v) is 3.04. The molecule has 3 rings (SSSR count). The van der Waals surface area contributed by atoms with Crippen molar-refractivity contribution in [2.45, 2.75) is 25.6 Å². The fraction of sp³-hybridized carbons (Fsp3) is 0.846. The van der Waals surface area contributed by atoms with Gasteiger partial charge in [-0.2, -0.15) is 0 Å². The first kappa shape index (κ1) is 13.9. The summed E-state index contributed by atoms with van der Waals surface area (Å²) < 4.78 is 7.31. The second kappa shape index (κ2) is 6.62. The molecule has 0 saturated carbocycles. The minimum atomic E-state index is 0.461. The van der Waals surface area contributed by atoms with Crippen molar-refractivity contribution in [3.63, 3.8) is 0 Å². The molecule has 1 aromatic heterocycles. The number of rotatable bonds is 5. The maximum atomic E-state index is 5.54. The quantitative estimate of drug-likeness (QED) is 0.757. The van der Waals surface area contributed by atoms with Gasteiger partial charge >= 0.3 is 0 Å². The van der Waals surface area contributed by atoms with Gasteiger partial charge < -0.3 is 10.5 Å². The molecule has 2 N–H and O–H groups in total. The third-order valence-electron chi connectivity index (χ3n) is 4.25. The van der Waals surface area contributed by atoms with E-state index >= 15 is 0 Å². The first-order valence-electron chi connectivity index (χ1n) is 7.48. The van der Waals surface area contributed by atoms with Crippen LogP contribution in [0.5, 0.6) is 0 Å². The van der Waals surface area contributed by atoms with Crippen molar-refractivity contribution in [2.75, 3.05) is 45.9 Å². The summed E-state index contributed by atoms with van der Waals surface area (Å²) in [6.45, 7) is 8.68. The van der Waals surface area contributed by atoms with Crippen LogP contribution in [0.15, 0.2) is 6.20 Å². The zero-order valence-electron chi connectivity index (χ0n) is 11.9. The molecule has 20 heavy (non-hydrogen) atoms. The lowest BCUT2D eigenvalue weighted by Gasteiger charge is -2.32. The van der Waals surface area contributed by atoms with Gasteiger partial charge in [0.25, 0.3) is 0 Å². The Morgan fingerprint density at radius 3 is 2.85 bits per heavy atom. The highest BCUT2D eigenvalue weighted by molar-refractivity contribution is 4.90. The van der Waals surface area contributed by atoms with E-state index in [1.54, 1.807) is 0 Å². The Labute approximate surface area is 119 Å². The Bertz CT molecular complexity index is 417. The van der Waals surface area contributed by atoms with Gasteiger partial charge in [-0.15, -0.1) is 5.10 Å². The molecule has 3 heterocycles. The highest BCUT2D eigenvalue weighted by Gasteiger charge is 2.28. The molecule has 0 aromatic carbocycles. The molecule has 2 aliphatic heterocycles. The maximum Gasteiger partial charge on any atom is 0.0962 e. The van der Waals surface area contributed by atoms with Crippen molar-refractivity contribution >= 4 is 0 Å². The number of aromatic nitrogens is 3. The maximum absolute atomic E-state index is 5.54. The van der Waals surface area contributed by atoms with Crippen LogP contribution in [-0.4, -0.2) is 76.8 Å². The molecule has 0 radical (unpaired) electrons. The van der Waals surface area contributed by atoms with Gasteiger partial charge in [-0.3, -0.25) is 14.5 Å². The minimum absolute atomic E-state index is 0.461. The summed E-state index contributed by atoms with van der Waals surface area (Å²) in [5.41, 5.74) is 6.40. The summed E-state index contributed by atoms with van der Waals surface area (Å²) in [4.78, 5) is 5.09. The number of morpholine rings is 1. The van der Waals surface area contributed by atoms with Crippen LogP contribution in [0.1, 0.15) is 12.1 Å². The average Bonchev–Trinajstić information content (AvgIpc) is 3.15. The van der Waals surface area contributed by atoms with E-state index < -0.39 is 0 Å². The van der Waals surface area contributed by atoms with E-state index in [2.05, 4.69) is 20.1 Å². The first-order valence-corrected chi connectivity index (χ1v) is 7.48. The van der Waals surface area contributed by atoms with E-state index in [9.17, 15) is 0 Å². The Morgan fingerprint density at radius 1 is 1.25 bits per heavy atom. The lowest BCUT2D eigenvalue weighted by Crippen LogP contribution is -2.44. The van der Waals surface area contributed by atoms with Crippen LogP contribution >= 0.6 is 0 Å².